The number of thiophene rings is 1. The van der Waals surface area contributed by atoms with Crippen LogP contribution in [0, 0.1) is 28.1 Å². The summed E-state index contributed by atoms with van der Waals surface area (Å²) in [4.78, 5) is 0.798. The number of hydrogen-bond acceptors (Lipinski definition) is 7. The van der Waals surface area contributed by atoms with Gasteiger partial charge in [0.2, 0.25) is 11.2 Å². The van der Waals surface area contributed by atoms with Crippen LogP contribution in [-0.4, -0.2) is 40.0 Å². The fraction of sp³-hybridized carbons (Fsp3) is 0.571. The Hall–Kier alpha value is -1.48. The van der Waals surface area contributed by atoms with Gasteiger partial charge in [-0.3, -0.25) is 0 Å². The molecular weight excluding hydrogens is 292 g/mol. The molecule has 0 bridgehead atoms. The molecule has 1 aliphatic carbocycles. The quantitative estimate of drug-likeness (QED) is 0.772. The van der Waals surface area contributed by atoms with E-state index < -0.39 is 22.9 Å². The van der Waals surface area contributed by atoms with Crippen LogP contribution in [0.3, 0.4) is 0 Å². The van der Waals surface area contributed by atoms with Crippen LogP contribution < -0.4 is 0 Å². The zero-order valence-electron chi connectivity index (χ0n) is 12.2. The van der Waals surface area contributed by atoms with E-state index in [1.165, 1.54) is 39.8 Å². The minimum absolute atomic E-state index is 0.644. The van der Waals surface area contributed by atoms with Gasteiger partial charge in [-0.1, -0.05) is 6.07 Å². The molecule has 0 N–H and O–H groups in total. The SMILES string of the molecule is COC1(OC)[C@H](c2cccs2)C(C#N)(C#N)C1(OC)OC. The van der Waals surface area contributed by atoms with Gasteiger partial charge in [0, 0.05) is 33.3 Å². The molecule has 0 radical (unpaired) electrons. The molecule has 1 aromatic heterocycles. The maximum absolute atomic E-state index is 9.69. The van der Waals surface area contributed by atoms with E-state index in [1.807, 2.05) is 17.5 Å². The highest BCUT2D eigenvalue weighted by Crippen LogP contribution is 2.69. The number of ether oxygens (including phenoxy) is 4. The summed E-state index contributed by atoms with van der Waals surface area (Å²) in [6.07, 6.45) is 0. The fourth-order valence-corrected chi connectivity index (χ4v) is 4.24. The maximum atomic E-state index is 9.69. The summed E-state index contributed by atoms with van der Waals surface area (Å²) in [5.41, 5.74) is -1.58. The zero-order chi connectivity index (χ0) is 15.7. The van der Waals surface area contributed by atoms with E-state index in [-0.39, 0.29) is 0 Å². The number of nitriles is 2. The summed E-state index contributed by atoms with van der Waals surface area (Å²) in [6.45, 7) is 0. The van der Waals surface area contributed by atoms with Crippen molar-refractivity contribution in [3.63, 3.8) is 0 Å². The van der Waals surface area contributed by atoms with Crippen LogP contribution in [0.2, 0.25) is 0 Å². The molecule has 21 heavy (non-hydrogen) atoms. The van der Waals surface area contributed by atoms with Gasteiger partial charge in [0.25, 0.3) is 5.79 Å². The second kappa shape index (κ2) is 5.38. The molecule has 0 aromatic carbocycles. The Bertz CT molecular complexity index is 565. The summed E-state index contributed by atoms with van der Waals surface area (Å²) < 4.78 is 22.0. The fourth-order valence-electron chi connectivity index (χ4n) is 3.30. The molecule has 1 atom stereocenters. The molecule has 2 rings (SSSR count). The molecule has 1 aliphatic rings. The smallest absolute Gasteiger partial charge is 0.257 e. The van der Waals surface area contributed by atoms with Crippen molar-refractivity contribution in [3.05, 3.63) is 22.4 Å². The summed E-state index contributed by atoms with van der Waals surface area (Å²) >= 11 is 1.42. The van der Waals surface area contributed by atoms with Crippen molar-refractivity contribution in [2.75, 3.05) is 28.4 Å². The third-order valence-corrected chi connectivity index (χ3v) is 5.09. The van der Waals surface area contributed by atoms with Crippen LogP contribution in [-0.2, 0) is 18.9 Å². The zero-order valence-corrected chi connectivity index (χ0v) is 13.1. The Balaban J connectivity index is 2.73. The van der Waals surface area contributed by atoms with Crippen LogP contribution in [0.15, 0.2) is 17.5 Å². The summed E-state index contributed by atoms with van der Waals surface area (Å²) in [5.74, 6) is -3.66. The van der Waals surface area contributed by atoms with Gasteiger partial charge in [-0.15, -0.1) is 11.3 Å². The van der Waals surface area contributed by atoms with Gasteiger partial charge in [-0.25, -0.2) is 0 Å². The highest BCUT2D eigenvalue weighted by molar-refractivity contribution is 7.10. The number of hydrogen-bond donors (Lipinski definition) is 0. The monoisotopic (exact) mass is 308 g/mol. The normalized spacial score (nSPS) is 24.6. The lowest BCUT2D eigenvalue weighted by molar-refractivity contribution is -0.480. The van der Waals surface area contributed by atoms with Gasteiger partial charge < -0.3 is 18.9 Å². The summed E-state index contributed by atoms with van der Waals surface area (Å²) in [7, 11) is 5.61. The Morgan fingerprint density at radius 3 is 1.95 bits per heavy atom. The standard InChI is InChI=1S/C14H16N2O4S/c1-17-13(18-2)11(10-6-5-7-21-10)12(8-15,9-16)14(13,19-3)20-4/h5-7,11H,1-4H3/t11-/m1/s1. The maximum Gasteiger partial charge on any atom is 0.257 e. The Labute approximate surface area is 127 Å². The molecule has 0 aliphatic heterocycles. The van der Waals surface area contributed by atoms with Crippen molar-refractivity contribution in [2.45, 2.75) is 17.5 Å². The van der Waals surface area contributed by atoms with Gasteiger partial charge in [0.1, 0.15) is 0 Å². The highest BCUT2D eigenvalue weighted by atomic mass is 32.1. The highest BCUT2D eigenvalue weighted by Gasteiger charge is 2.87. The van der Waals surface area contributed by atoms with Gasteiger partial charge in [-0.05, 0) is 11.4 Å². The van der Waals surface area contributed by atoms with Crippen LogP contribution in [0.25, 0.3) is 0 Å². The third kappa shape index (κ3) is 1.53. The molecule has 1 heterocycles. The van der Waals surface area contributed by atoms with Crippen molar-refractivity contribution >= 4 is 11.3 Å². The number of rotatable bonds is 5. The Morgan fingerprint density at radius 2 is 1.62 bits per heavy atom. The summed E-state index contributed by atoms with van der Waals surface area (Å²) in [5, 5.41) is 21.2. The van der Waals surface area contributed by atoms with Gasteiger partial charge >= 0.3 is 0 Å². The predicted octanol–water partition coefficient (Wildman–Crippen LogP) is 1.86. The van der Waals surface area contributed by atoms with Crippen LogP contribution in [0.1, 0.15) is 10.8 Å². The van der Waals surface area contributed by atoms with E-state index in [9.17, 15) is 10.5 Å². The van der Waals surface area contributed by atoms with E-state index >= 15 is 0 Å². The molecule has 112 valence electrons. The second-order valence-corrected chi connectivity index (χ2v) is 5.56. The van der Waals surface area contributed by atoms with E-state index in [2.05, 4.69) is 12.1 Å². The van der Waals surface area contributed by atoms with Crippen LogP contribution >= 0.6 is 11.3 Å². The van der Waals surface area contributed by atoms with E-state index in [0.29, 0.717) is 0 Å². The van der Waals surface area contributed by atoms with Gasteiger partial charge in [0.15, 0.2) is 0 Å². The molecule has 1 saturated carbocycles. The van der Waals surface area contributed by atoms with E-state index in [1.54, 1.807) is 0 Å². The lowest BCUT2D eigenvalue weighted by Gasteiger charge is -2.64. The second-order valence-electron chi connectivity index (χ2n) is 4.58. The van der Waals surface area contributed by atoms with Crippen molar-refractivity contribution in [3.8, 4) is 12.1 Å². The predicted molar refractivity (Wildman–Crippen MR) is 74.2 cm³/mol. The summed E-state index contributed by atoms with van der Waals surface area (Å²) in [6, 6.07) is 7.79. The molecule has 7 heteroatoms. The minimum atomic E-state index is -1.64. The van der Waals surface area contributed by atoms with Gasteiger partial charge in [-0.2, -0.15) is 10.5 Å². The molecule has 0 unspecified atom stereocenters. The topological polar surface area (TPSA) is 84.5 Å². The number of methoxy groups -OCH3 is 4. The molecule has 1 fully saturated rings. The average molecular weight is 308 g/mol. The first-order chi connectivity index (χ1) is 10.1. The van der Waals surface area contributed by atoms with E-state index in [4.69, 9.17) is 18.9 Å². The first-order valence-electron chi connectivity index (χ1n) is 6.16. The minimum Gasteiger partial charge on any atom is -0.348 e. The van der Waals surface area contributed by atoms with Crippen LogP contribution in [0.4, 0.5) is 0 Å². The van der Waals surface area contributed by atoms with Crippen molar-refractivity contribution < 1.29 is 18.9 Å². The van der Waals surface area contributed by atoms with Gasteiger partial charge in [0.05, 0.1) is 18.1 Å². The molecular formula is C14H16N2O4S. The number of nitrogens with zero attached hydrogens (tertiary/aromatic N) is 2. The largest absolute Gasteiger partial charge is 0.348 e. The molecule has 0 saturated heterocycles. The Morgan fingerprint density at radius 1 is 1.05 bits per heavy atom. The molecule has 6 nitrogen and oxygen atoms in total. The lowest BCUT2D eigenvalue weighted by atomic mass is 9.51. The first-order valence-corrected chi connectivity index (χ1v) is 7.04. The first kappa shape index (κ1) is 15.9. The van der Waals surface area contributed by atoms with Crippen molar-refractivity contribution in [2.24, 2.45) is 5.41 Å². The lowest BCUT2D eigenvalue weighted by Crippen LogP contribution is -2.82. The van der Waals surface area contributed by atoms with E-state index in [0.717, 1.165) is 4.88 Å². The molecule has 1 aromatic rings. The molecule has 0 amide bonds. The average Bonchev–Trinajstić information content (AvgIpc) is 3.03. The Kier molecular flexibility index (Phi) is 4.07. The molecule has 0 spiro atoms. The van der Waals surface area contributed by atoms with Crippen LogP contribution in [0.5, 0.6) is 0 Å². The van der Waals surface area contributed by atoms with Crippen molar-refractivity contribution in [1.82, 2.24) is 0 Å². The van der Waals surface area contributed by atoms with Crippen molar-refractivity contribution in [1.29, 1.82) is 10.5 Å². The third-order valence-electron chi connectivity index (χ3n) is 4.15.